The van der Waals surface area contributed by atoms with Gasteiger partial charge in [0.2, 0.25) is 0 Å². The summed E-state index contributed by atoms with van der Waals surface area (Å²) in [7, 11) is 1.68. The van der Waals surface area contributed by atoms with E-state index in [0.29, 0.717) is 5.92 Å². The fourth-order valence-corrected chi connectivity index (χ4v) is 4.34. The number of hydrogen-bond donors (Lipinski definition) is 1. The van der Waals surface area contributed by atoms with Crippen LogP contribution in [0, 0.1) is 12.8 Å². The van der Waals surface area contributed by atoms with Gasteiger partial charge in [0, 0.05) is 6.54 Å². The minimum atomic E-state index is 0.142. The summed E-state index contributed by atoms with van der Waals surface area (Å²) >= 11 is 0. The van der Waals surface area contributed by atoms with E-state index < -0.39 is 0 Å². The van der Waals surface area contributed by atoms with Crippen LogP contribution < -0.4 is 9.64 Å². The fourth-order valence-electron chi connectivity index (χ4n) is 4.34. The van der Waals surface area contributed by atoms with E-state index >= 15 is 0 Å². The van der Waals surface area contributed by atoms with Crippen molar-refractivity contribution in [3.05, 3.63) is 60.2 Å². The predicted molar refractivity (Wildman–Crippen MR) is 113 cm³/mol. The van der Waals surface area contributed by atoms with Crippen molar-refractivity contribution in [2.75, 3.05) is 18.6 Å². The molecular weight excluding hydrogens is 364 g/mol. The maximum atomic E-state index is 5.51. The van der Waals surface area contributed by atoms with Gasteiger partial charge in [0.25, 0.3) is 0 Å². The Kier molecular flexibility index (Phi) is 4.23. The van der Waals surface area contributed by atoms with Gasteiger partial charge in [0.15, 0.2) is 0 Å². The Bertz CT molecular complexity index is 1150. The highest BCUT2D eigenvalue weighted by molar-refractivity contribution is 5.82. The quantitative estimate of drug-likeness (QED) is 0.571. The number of aromatic amines is 1. The van der Waals surface area contributed by atoms with Crippen LogP contribution >= 0.6 is 0 Å². The van der Waals surface area contributed by atoms with Crippen LogP contribution in [0.2, 0.25) is 0 Å². The minimum Gasteiger partial charge on any atom is -0.494 e. The first-order valence-corrected chi connectivity index (χ1v) is 9.92. The molecule has 148 valence electrons. The van der Waals surface area contributed by atoms with Gasteiger partial charge in [-0.3, -0.25) is 0 Å². The Balaban J connectivity index is 1.63. The number of benzene rings is 2. The standard InChI is InChI=1S/C22H24N6O/c1-14-7-8-17(28-23-10-11-24-28)18(13-14)27-12-9-15(2)21(27)22-25-16-5-4-6-19(29-3)20(16)26-22/h4-8,10-11,13,15,21H,9,12H2,1-3H3,(H,25,26)/t15-,21-/m0/s1. The first-order valence-electron chi connectivity index (χ1n) is 9.92. The molecule has 1 aliphatic heterocycles. The first kappa shape index (κ1) is 17.7. The second-order valence-corrected chi connectivity index (χ2v) is 7.69. The van der Waals surface area contributed by atoms with Gasteiger partial charge in [-0.15, -0.1) is 4.80 Å². The predicted octanol–water partition coefficient (Wildman–Crippen LogP) is 4.05. The molecule has 2 aromatic heterocycles. The number of aryl methyl sites for hydroxylation is 1. The second-order valence-electron chi connectivity index (χ2n) is 7.69. The molecule has 0 aliphatic carbocycles. The molecule has 2 aromatic carbocycles. The lowest BCUT2D eigenvalue weighted by Gasteiger charge is -2.29. The van der Waals surface area contributed by atoms with Crippen LogP contribution in [0.15, 0.2) is 48.8 Å². The average molecular weight is 388 g/mol. The van der Waals surface area contributed by atoms with Gasteiger partial charge in [-0.2, -0.15) is 10.2 Å². The van der Waals surface area contributed by atoms with Gasteiger partial charge < -0.3 is 14.6 Å². The molecule has 1 saturated heterocycles. The Morgan fingerprint density at radius 3 is 2.72 bits per heavy atom. The van der Waals surface area contributed by atoms with Crippen molar-refractivity contribution in [3.8, 4) is 11.4 Å². The topological polar surface area (TPSA) is 71.9 Å². The number of para-hydroxylation sites is 1. The summed E-state index contributed by atoms with van der Waals surface area (Å²) in [5.41, 5.74) is 5.19. The molecule has 7 nitrogen and oxygen atoms in total. The zero-order valence-electron chi connectivity index (χ0n) is 16.8. The van der Waals surface area contributed by atoms with E-state index in [2.05, 4.69) is 52.1 Å². The number of ether oxygens (including phenoxy) is 1. The first-order chi connectivity index (χ1) is 14.2. The molecular formula is C22H24N6O. The Hall–Kier alpha value is -3.35. The third-order valence-electron chi connectivity index (χ3n) is 5.77. The van der Waals surface area contributed by atoms with Crippen LogP contribution in [0.4, 0.5) is 5.69 Å². The monoisotopic (exact) mass is 388 g/mol. The van der Waals surface area contributed by atoms with Gasteiger partial charge in [-0.1, -0.05) is 19.1 Å². The number of methoxy groups -OCH3 is 1. The number of hydrogen-bond acceptors (Lipinski definition) is 5. The van der Waals surface area contributed by atoms with Crippen molar-refractivity contribution in [2.45, 2.75) is 26.3 Å². The third-order valence-corrected chi connectivity index (χ3v) is 5.77. The Morgan fingerprint density at radius 2 is 1.93 bits per heavy atom. The zero-order chi connectivity index (χ0) is 20.0. The number of anilines is 1. The van der Waals surface area contributed by atoms with Crippen molar-refractivity contribution < 1.29 is 4.74 Å². The summed E-state index contributed by atoms with van der Waals surface area (Å²) in [5.74, 6) is 2.22. The molecule has 0 spiro atoms. The second kappa shape index (κ2) is 6.92. The molecule has 3 heterocycles. The number of rotatable bonds is 4. The zero-order valence-corrected chi connectivity index (χ0v) is 16.8. The van der Waals surface area contributed by atoms with Crippen molar-refractivity contribution in [1.29, 1.82) is 0 Å². The van der Waals surface area contributed by atoms with Crippen molar-refractivity contribution in [3.63, 3.8) is 0 Å². The van der Waals surface area contributed by atoms with Crippen molar-refractivity contribution in [1.82, 2.24) is 25.0 Å². The van der Waals surface area contributed by atoms with Crippen LogP contribution in [0.1, 0.15) is 30.8 Å². The highest BCUT2D eigenvalue weighted by Gasteiger charge is 2.36. The number of nitrogens with one attached hydrogen (secondary N) is 1. The lowest BCUT2D eigenvalue weighted by Crippen LogP contribution is -2.27. The summed E-state index contributed by atoms with van der Waals surface area (Å²) in [6.07, 6.45) is 4.51. The molecule has 0 unspecified atom stereocenters. The normalized spacial score (nSPS) is 19.2. The van der Waals surface area contributed by atoms with Gasteiger partial charge in [-0.05, 0) is 49.1 Å². The van der Waals surface area contributed by atoms with E-state index in [1.165, 1.54) is 5.56 Å². The molecule has 1 aliphatic rings. The summed E-state index contributed by atoms with van der Waals surface area (Å²) in [4.78, 5) is 12.6. The summed E-state index contributed by atoms with van der Waals surface area (Å²) in [6.45, 7) is 5.36. The number of aromatic nitrogens is 5. The maximum Gasteiger partial charge on any atom is 0.146 e. The molecule has 1 N–H and O–H groups in total. The molecule has 0 bridgehead atoms. The lowest BCUT2D eigenvalue weighted by molar-refractivity contribution is 0.419. The van der Waals surface area contributed by atoms with Crippen molar-refractivity contribution >= 4 is 16.7 Å². The number of imidazole rings is 1. The van der Waals surface area contributed by atoms with E-state index in [1.54, 1.807) is 24.3 Å². The number of H-pyrrole nitrogens is 1. The Morgan fingerprint density at radius 1 is 1.10 bits per heavy atom. The van der Waals surface area contributed by atoms with E-state index in [4.69, 9.17) is 9.72 Å². The van der Waals surface area contributed by atoms with Gasteiger partial charge in [-0.25, -0.2) is 4.98 Å². The van der Waals surface area contributed by atoms with E-state index in [0.717, 1.165) is 46.9 Å². The van der Waals surface area contributed by atoms with E-state index in [1.807, 2.05) is 18.2 Å². The third kappa shape index (κ3) is 2.93. The summed E-state index contributed by atoms with van der Waals surface area (Å²) in [6, 6.07) is 12.5. The highest BCUT2D eigenvalue weighted by Crippen LogP contribution is 2.42. The van der Waals surface area contributed by atoms with Crippen LogP contribution in [0.25, 0.3) is 16.7 Å². The minimum absolute atomic E-state index is 0.142. The van der Waals surface area contributed by atoms with Gasteiger partial charge in [0.1, 0.15) is 22.8 Å². The molecule has 29 heavy (non-hydrogen) atoms. The largest absolute Gasteiger partial charge is 0.494 e. The SMILES string of the molecule is COc1cccc2[nH]c([C@@H]3[C@@H](C)CCN3c3cc(C)ccc3-n3nccn3)nc12. The van der Waals surface area contributed by atoms with Gasteiger partial charge >= 0.3 is 0 Å². The fraction of sp³-hybridized carbons (Fsp3) is 0.318. The highest BCUT2D eigenvalue weighted by atomic mass is 16.5. The van der Waals surface area contributed by atoms with E-state index in [-0.39, 0.29) is 6.04 Å². The molecule has 1 fully saturated rings. The molecule has 7 heteroatoms. The summed E-state index contributed by atoms with van der Waals surface area (Å²) < 4.78 is 5.51. The number of nitrogens with zero attached hydrogens (tertiary/aromatic N) is 5. The van der Waals surface area contributed by atoms with Crippen LogP contribution in [-0.4, -0.2) is 38.6 Å². The smallest absolute Gasteiger partial charge is 0.146 e. The van der Waals surface area contributed by atoms with Crippen LogP contribution in [0.3, 0.4) is 0 Å². The molecule has 0 radical (unpaired) electrons. The van der Waals surface area contributed by atoms with Gasteiger partial charge in [0.05, 0.1) is 36.7 Å². The molecule has 0 saturated carbocycles. The molecule has 0 amide bonds. The number of fused-ring (bicyclic) bond motifs is 1. The Labute approximate surface area is 169 Å². The van der Waals surface area contributed by atoms with Crippen molar-refractivity contribution in [2.24, 2.45) is 5.92 Å². The van der Waals surface area contributed by atoms with E-state index in [9.17, 15) is 0 Å². The molecule has 2 atom stereocenters. The average Bonchev–Trinajstić information content (AvgIpc) is 3.46. The maximum absolute atomic E-state index is 5.51. The van der Waals surface area contributed by atoms with Crippen LogP contribution in [0.5, 0.6) is 5.75 Å². The molecule has 4 aromatic rings. The van der Waals surface area contributed by atoms with Crippen LogP contribution in [-0.2, 0) is 0 Å². The lowest BCUT2D eigenvalue weighted by atomic mass is 10.0. The molecule has 5 rings (SSSR count). The summed E-state index contributed by atoms with van der Waals surface area (Å²) in [5, 5.41) is 8.72.